The lowest BCUT2D eigenvalue weighted by molar-refractivity contribution is 0.222. The molecule has 3 N–H and O–H groups in total. The molecule has 0 aliphatic rings. The van der Waals surface area contributed by atoms with Crippen molar-refractivity contribution in [3.63, 3.8) is 0 Å². The number of nitrogens with two attached hydrogens (primary N) is 1. The Labute approximate surface area is 122 Å². The largest absolute Gasteiger partial charge is 0.461 e. The van der Waals surface area contributed by atoms with Crippen molar-refractivity contribution in [2.75, 3.05) is 17.3 Å². The summed E-state index contributed by atoms with van der Waals surface area (Å²) in [7, 11) is 0. The number of anilines is 3. The van der Waals surface area contributed by atoms with Crippen LogP contribution >= 0.6 is 11.8 Å². The molecule has 0 radical (unpaired) electrons. The number of benzene rings is 1. The summed E-state index contributed by atoms with van der Waals surface area (Å²) in [5.41, 5.74) is 6.53. The van der Waals surface area contributed by atoms with Crippen molar-refractivity contribution < 1.29 is 4.74 Å². The van der Waals surface area contributed by atoms with Crippen LogP contribution in [-0.2, 0) is 0 Å². The molecule has 0 aliphatic carbocycles. The van der Waals surface area contributed by atoms with Gasteiger partial charge in [-0.05, 0) is 44.4 Å². The molecule has 1 aromatic heterocycles. The second-order valence-corrected chi connectivity index (χ2v) is 5.20. The standard InChI is InChI=1S/C13H17N5OS/c1-8(2)19-13-17-11(14)16-12(18-13)15-9-4-6-10(20-3)7-5-9/h4-8H,1-3H3,(H3,14,15,16,17,18). The third kappa shape index (κ3) is 3.99. The fraction of sp³-hybridized carbons (Fsp3) is 0.308. The first kappa shape index (κ1) is 14.4. The van der Waals surface area contributed by atoms with Crippen molar-refractivity contribution in [3.05, 3.63) is 24.3 Å². The van der Waals surface area contributed by atoms with Gasteiger partial charge in [0.2, 0.25) is 11.9 Å². The maximum Gasteiger partial charge on any atom is 0.323 e. The highest BCUT2D eigenvalue weighted by molar-refractivity contribution is 7.98. The number of nitrogens with one attached hydrogen (secondary N) is 1. The second-order valence-electron chi connectivity index (χ2n) is 4.32. The average Bonchev–Trinajstić information content (AvgIpc) is 2.38. The first-order valence-corrected chi connectivity index (χ1v) is 7.38. The van der Waals surface area contributed by atoms with Crippen LogP contribution in [0.3, 0.4) is 0 Å². The minimum atomic E-state index is -0.0227. The average molecular weight is 291 g/mol. The van der Waals surface area contributed by atoms with Gasteiger partial charge in [0.25, 0.3) is 0 Å². The van der Waals surface area contributed by atoms with E-state index in [9.17, 15) is 0 Å². The maximum absolute atomic E-state index is 5.65. The highest BCUT2D eigenvalue weighted by Gasteiger charge is 2.07. The van der Waals surface area contributed by atoms with Crippen LogP contribution in [0.25, 0.3) is 0 Å². The number of thioether (sulfide) groups is 1. The molecule has 20 heavy (non-hydrogen) atoms. The monoisotopic (exact) mass is 291 g/mol. The summed E-state index contributed by atoms with van der Waals surface area (Å²) in [5.74, 6) is 0.490. The van der Waals surface area contributed by atoms with Gasteiger partial charge in [-0.25, -0.2) is 0 Å². The smallest absolute Gasteiger partial charge is 0.323 e. The first-order chi connectivity index (χ1) is 9.56. The molecule has 0 amide bonds. The lowest BCUT2D eigenvalue weighted by Gasteiger charge is -2.10. The number of aromatic nitrogens is 3. The number of nitrogen functional groups attached to an aromatic ring is 1. The fourth-order valence-corrected chi connectivity index (χ4v) is 1.90. The molecule has 1 heterocycles. The molecule has 0 fully saturated rings. The predicted octanol–water partition coefficient (Wildman–Crippen LogP) is 2.71. The third-order valence-electron chi connectivity index (χ3n) is 2.32. The van der Waals surface area contributed by atoms with Crippen LogP contribution in [0, 0.1) is 0 Å². The highest BCUT2D eigenvalue weighted by atomic mass is 32.2. The van der Waals surface area contributed by atoms with Crippen molar-refractivity contribution in [3.8, 4) is 6.01 Å². The van der Waals surface area contributed by atoms with Gasteiger partial charge in [-0.3, -0.25) is 0 Å². The second kappa shape index (κ2) is 6.42. The Morgan fingerprint density at radius 1 is 1.15 bits per heavy atom. The quantitative estimate of drug-likeness (QED) is 0.819. The zero-order chi connectivity index (χ0) is 14.5. The Bertz CT molecular complexity index is 573. The minimum absolute atomic E-state index is 0.0227. The summed E-state index contributed by atoms with van der Waals surface area (Å²) in [6.07, 6.45) is 2.01. The van der Waals surface area contributed by atoms with E-state index >= 15 is 0 Å². The summed E-state index contributed by atoms with van der Waals surface area (Å²) < 4.78 is 5.42. The van der Waals surface area contributed by atoms with Gasteiger partial charge in [-0.2, -0.15) is 15.0 Å². The molecule has 6 nitrogen and oxygen atoms in total. The van der Waals surface area contributed by atoms with E-state index in [1.54, 1.807) is 11.8 Å². The zero-order valence-corrected chi connectivity index (χ0v) is 12.4. The molecule has 0 saturated carbocycles. The Morgan fingerprint density at radius 3 is 2.45 bits per heavy atom. The van der Waals surface area contributed by atoms with Crippen molar-refractivity contribution in [2.45, 2.75) is 24.8 Å². The van der Waals surface area contributed by atoms with Gasteiger partial charge in [0.05, 0.1) is 6.10 Å². The first-order valence-electron chi connectivity index (χ1n) is 6.16. The van der Waals surface area contributed by atoms with Gasteiger partial charge in [0.1, 0.15) is 0 Å². The Kier molecular flexibility index (Phi) is 4.62. The number of hydrogen-bond acceptors (Lipinski definition) is 7. The fourth-order valence-electron chi connectivity index (χ4n) is 1.49. The Morgan fingerprint density at radius 2 is 1.85 bits per heavy atom. The number of nitrogens with zero attached hydrogens (tertiary/aromatic N) is 3. The van der Waals surface area contributed by atoms with Gasteiger partial charge >= 0.3 is 6.01 Å². The molecule has 106 valence electrons. The molecule has 0 aliphatic heterocycles. The van der Waals surface area contributed by atoms with Gasteiger partial charge in [0, 0.05) is 10.6 Å². The van der Waals surface area contributed by atoms with Crippen LogP contribution in [0.4, 0.5) is 17.6 Å². The lowest BCUT2D eigenvalue weighted by atomic mass is 10.3. The van der Waals surface area contributed by atoms with Gasteiger partial charge in [-0.15, -0.1) is 11.8 Å². The zero-order valence-electron chi connectivity index (χ0n) is 11.6. The van der Waals surface area contributed by atoms with Crippen molar-refractivity contribution in [1.29, 1.82) is 0 Å². The summed E-state index contributed by atoms with van der Waals surface area (Å²) in [6.45, 7) is 3.79. The molecular weight excluding hydrogens is 274 g/mol. The summed E-state index contributed by atoms with van der Waals surface area (Å²) >= 11 is 1.69. The lowest BCUT2D eigenvalue weighted by Crippen LogP contribution is -2.11. The van der Waals surface area contributed by atoms with Gasteiger partial charge in [-0.1, -0.05) is 0 Å². The van der Waals surface area contributed by atoms with E-state index in [0.717, 1.165) is 5.69 Å². The number of hydrogen-bond donors (Lipinski definition) is 2. The molecular formula is C13H17N5OS. The maximum atomic E-state index is 5.65. The normalized spacial score (nSPS) is 10.6. The van der Waals surface area contributed by atoms with E-state index in [0.29, 0.717) is 5.95 Å². The molecule has 0 spiro atoms. The topological polar surface area (TPSA) is 86.0 Å². The van der Waals surface area contributed by atoms with E-state index in [4.69, 9.17) is 10.5 Å². The van der Waals surface area contributed by atoms with Crippen LogP contribution in [0.1, 0.15) is 13.8 Å². The molecule has 0 saturated heterocycles. The van der Waals surface area contributed by atoms with Crippen molar-refractivity contribution >= 4 is 29.3 Å². The van der Waals surface area contributed by atoms with E-state index in [2.05, 4.69) is 20.3 Å². The Hall–Kier alpha value is -2.02. The van der Waals surface area contributed by atoms with Crippen LogP contribution in [0.2, 0.25) is 0 Å². The van der Waals surface area contributed by atoms with E-state index in [-0.39, 0.29) is 18.1 Å². The van der Waals surface area contributed by atoms with E-state index < -0.39 is 0 Å². The molecule has 0 bridgehead atoms. The Balaban J connectivity index is 2.17. The SMILES string of the molecule is CSc1ccc(Nc2nc(N)nc(OC(C)C)n2)cc1. The number of rotatable bonds is 5. The van der Waals surface area contributed by atoms with Crippen LogP contribution < -0.4 is 15.8 Å². The highest BCUT2D eigenvalue weighted by Crippen LogP contribution is 2.20. The van der Waals surface area contributed by atoms with E-state index in [1.807, 2.05) is 44.4 Å². The van der Waals surface area contributed by atoms with Gasteiger partial charge < -0.3 is 15.8 Å². The van der Waals surface area contributed by atoms with Crippen molar-refractivity contribution in [1.82, 2.24) is 15.0 Å². The minimum Gasteiger partial charge on any atom is -0.461 e. The summed E-state index contributed by atoms with van der Waals surface area (Å²) in [6, 6.07) is 8.16. The molecule has 0 atom stereocenters. The van der Waals surface area contributed by atoms with Crippen LogP contribution in [0.15, 0.2) is 29.2 Å². The molecule has 2 rings (SSSR count). The molecule has 7 heteroatoms. The summed E-state index contributed by atoms with van der Waals surface area (Å²) in [4.78, 5) is 13.3. The van der Waals surface area contributed by atoms with Crippen LogP contribution in [0.5, 0.6) is 6.01 Å². The van der Waals surface area contributed by atoms with Gasteiger partial charge in [0.15, 0.2) is 0 Å². The molecule has 0 unspecified atom stereocenters. The molecule has 2 aromatic rings. The predicted molar refractivity (Wildman–Crippen MR) is 81.5 cm³/mol. The van der Waals surface area contributed by atoms with E-state index in [1.165, 1.54) is 4.90 Å². The summed E-state index contributed by atoms with van der Waals surface area (Å²) in [5, 5.41) is 3.08. The third-order valence-corrected chi connectivity index (χ3v) is 3.06. The number of ether oxygens (including phenoxy) is 1. The van der Waals surface area contributed by atoms with Crippen molar-refractivity contribution in [2.24, 2.45) is 0 Å². The van der Waals surface area contributed by atoms with Crippen LogP contribution in [-0.4, -0.2) is 27.3 Å². The molecule has 1 aromatic carbocycles.